The average Bonchev–Trinajstić information content (AvgIpc) is 3.59. The first-order valence-corrected chi connectivity index (χ1v) is 13.6. The van der Waals surface area contributed by atoms with Gasteiger partial charge in [-0.15, -0.1) is 0 Å². The Morgan fingerprint density at radius 1 is 1.08 bits per heavy atom. The Kier molecular flexibility index (Phi) is 7.57. The number of unbranched alkanes of at least 4 members (excludes halogenated alkanes) is 2. The number of likely N-dealkylation sites (tertiary alicyclic amines) is 1. The largest absolute Gasteiger partial charge is 0.496 e. The number of imide groups is 1. The van der Waals surface area contributed by atoms with Crippen LogP contribution in [0.1, 0.15) is 49.8 Å². The molecule has 0 bridgehead atoms. The summed E-state index contributed by atoms with van der Waals surface area (Å²) in [5.74, 6) is -3.30. The summed E-state index contributed by atoms with van der Waals surface area (Å²) >= 11 is 0. The van der Waals surface area contributed by atoms with Gasteiger partial charge in [0.2, 0.25) is 11.8 Å². The van der Waals surface area contributed by atoms with E-state index < -0.39 is 35.3 Å². The molecule has 2 aliphatic heterocycles. The molecule has 4 atom stereocenters. The van der Waals surface area contributed by atoms with Crippen LogP contribution in [0.3, 0.4) is 0 Å². The van der Waals surface area contributed by atoms with Crippen LogP contribution in [0.4, 0.5) is 0 Å². The first-order valence-electron chi connectivity index (χ1n) is 13.6. The van der Waals surface area contributed by atoms with Crippen molar-refractivity contribution in [3.05, 3.63) is 78.0 Å². The Morgan fingerprint density at radius 2 is 1.82 bits per heavy atom. The number of carbonyl (C=O) groups is 3. The molecule has 2 saturated heterocycles. The van der Waals surface area contributed by atoms with Crippen LogP contribution in [0.15, 0.2) is 66.9 Å². The summed E-state index contributed by atoms with van der Waals surface area (Å²) in [5.41, 5.74) is 0.644. The summed E-state index contributed by atoms with van der Waals surface area (Å²) in [4.78, 5) is 45.5. The van der Waals surface area contributed by atoms with Crippen molar-refractivity contribution in [2.75, 3.05) is 13.7 Å². The van der Waals surface area contributed by atoms with Gasteiger partial charge in [0.1, 0.15) is 11.3 Å². The van der Waals surface area contributed by atoms with Gasteiger partial charge in [-0.25, -0.2) is 0 Å². The van der Waals surface area contributed by atoms with Crippen LogP contribution < -0.4 is 10.1 Å². The monoisotopic (exact) mass is 529 g/mol. The lowest BCUT2D eigenvalue weighted by Gasteiger charge is -2.31. The molecule has 2 amide bonds. The van der Waals surface area contributed by atoms with Crippen LogP contribution in [-0.4, -0.2) is 52.0 Å². The second-order valence-electron chi connectivity index (χ2n) is 10.4. The van der Waals surface area contributed by atoms with Gasteiger partial charge in [0.25, 0.3) is 0 Å². The number of fused-ring (bicyclic) bond motifs is 2. The third-order valence-corrected chi connectivity index (χ3v) is 8.16. The van der Waals surface area contributed by atoms with Crippen molar-refractivity contribution >= 4 is 28.7 Å². The number of hydrogen-bond donors (Lipinski definition) is 3. The lowest BCUT2D eigenvalue weighted by atomic mass is 9.76. The maximum Gasteiger partial charge on any atom is 0.325 e. The van der Waals surface area contributed by atoms with E-state index in [1.807, 2.05) is 48.5 Å². The number of carboxylic acids is 1. The fourth-order valence-corrected chi connectivity index (χ4v) is 6.25. The number of carbonyl (C=O) groups excluding carboxylic acids is 2. The number of aliphatic carboxylic acids is 1. The molecular weight excluding hydrogens is 494 g/mol. The molecule has 0 saturated carbocycles. The molecule has 0 radical (unpaired) electrons. The van der Waals surface area contributed by atoms with E-state index in [0.29, 0.717) is 17.7 Å². The highest BCUT2D eigenvalue weighted by molar-refractivity contribution is 6.09. The fraction of sp³-hybridized carbons (Fsp3) is 0.387. The van der Waals surface area contributed by atoms with E-state index in [9.17, 15) is 19.5 Å². The number of rotatable bonds is 11. The quantitative estimate of drug-likeness (QED) is 0.190. The molecule has 0 aliphatic carbocycles. The van der Waals surface area contributed by atoms with E-state index in [0.717, 1.165) is 35.7 Å². The van der Waals surface area contributed by atoms with Crippen LogP contribution in [0, 0.1) is 11.8 Å². The molecule has 3 aromatic rings. The van der Waals surface area contributed by atoms with Gasteiger partial charge in [-0.05, 0) is 30.5 Å². The normalized spacial score (nSPS) is 24.7. The maximum atomic E-state index is 13.9. The minimum Gasteiger partial charge on any atom is -0.496 e. The number of allylic oxidation sites excluding steroid dienone is 1. The van der Waals surface area contributed by atoms with Crippen LogP contribution in [0.25, 0.3) is 10.9 Å². The number of nitrogens with zero attached hydrogens (tertiary/aromatic N) is 1. The minimum absolute atomic E-state index is 0.0446. The number of para-hydroxylation sites is 2. The SMILES string of the molecule is CCCCC=CCCN1C(=O)C2C(c3ccccc3OC)NC(Cc3c[nH]c4ccccc34)(C(=O)O)C2C1=O. The van der Waals surface area contributed by atoms with E-state index >= 15 is 0 Å². The molecule has 39 heavy (non-hydrogen) atoms. The lowest BCUT2D eigenvalue weighted by Crippen LogP contribution is -2.57. The van der Waals surface area contributed by atoms with E-state index in [2.05, 4.69) is 23.3 Å². The highest BCUT2D eigenvalue weighted by Crippen LogP contribution is 2.51. The highest BCUT2D eigenvalue weighted by Gasteiger charge is 2.68. The van der Waals surface area contributed by atoms with Crippen LogP contribution >= 0.6 is 0 Å². The molecule has 0 spiro atoms. The molecule has 204 valence electrons. The fourth-order valence-electron chi connectivity index (χ4n) is 6.25. The van der Waals surface area contributed by atoms with E-state index in [4.69, 9.17) is 4.74 Å². The van der Waals surface area contributed by atoms with Crippen molar-refractivity contribution in [2.24, 2.45) is 11.8 Å². The predicted molar refractivity (Wildman–Crippen MR) is 148 cm³/mol. The van der Waals surface area contributed by atoms with Crippen molar-refractivity contribution in [3.63, 3.8) is 0 Å². The Morgan fingerprint density at radius 3 is 2.59 bits per heavy atom. The first-order chi connectivity index (χ1) is 18.9. The number of H-pyrrole nitrogens is 1. The highest BCUT2D eigenvalue weighted by atomic mass is 16.5. The molecule has 4 unspecified atom stereocenters. The third-order valence-electron chi connectivity index (χ3n) is 8.16. The van der Waals surface area contributed by atoms with Gasteiger partial charge < -0.3 is 14.8 Å². The smallest absolute Gasteiger partial charge is 0.325 e. The number of hydrogen-bond acceptors (Lipinski definition) is 5. The number of methoxy groups -OCH3 is 1. The van der Waals surface area contributed by atoms with Crippen LogP contribution in [0.2, 0.25) is 0 Å². The van der Waals surface area contributed by atoms with Crippen molar-refractivity contribution in [1.82, 2.24) is 15.2 Å². The Balaban J connectivity index is 1.55. The standard InChI is InChI=1S/C31H35N3O5/c1-3-4-5-6-7-12-17-34-28(35)25-26(29(34)36)31(30(37)38,18-20-19-32-23-15-10-8-13-21(20)23)33-27(25)22-14-9-11-16-24(22)39-2/h6-11,13-16,19,25-27,32-33H,3-5,12,17-18H2,1-2H3,(H,37,38). The van der Waals surface area contributed by atoms with Crippen LogP contribution in [0.5, 0.6) is 5.75 Å². The van der Waals surface area contributed by atoms with Gasteiger partial charge >= 0.3 is 5.97 Å². The number of nitrogens with one attached hydrogen (secondary N) is 2. The molecule has 3 N–H and O–H groups in total. The van der Waals surface area contributed by atoms with Crippen molar-refractivity contribution < 1.29 is 24.2 Å². The van der Waals surface area contributed by atoms with Crippen molar-refractivity contribution in [3.8, 4) is 5.75 Å². The number of benzene rings is 2. The second-order valence-corrected chi connectivity index (χ2v) is 10.4. The first kappa shape index (κ1) is 26.7. The molecule has 5 rings (SSSR count). The summed E-state index contributed by atoms with van der Waals surface area (Å²) in [6.07, 6.45) is 9.59. The third kappa shape index (κ3) is 4.63. The molecule has 2 fully saturated rings. The number of ether oxygens (including phenoxy) is 1. The lowest BCUT2D eigenvalue weighted by molar-refractivity contribution is -0.151. The van der Waals surface area contributed by atoms with Crippen molar-refractivity contribution in [2.45, 2.75) is 50.6 Å². The van der Waals surface area contributed by atoms with Crippen molar-refractivity contribution in [1.29, 1.82) is 0 Å². The number of aromatic nitrogens is 1. The Labute approximate surface area is 228 Å². The summed E-state index contributed by atoms with van der Waals surface area (Å²) < 4.78 is 5.59. The number of amides is 2. The van der Waals surface area contributed by atoms with E-state index in [-0.39, 0.29) is 18.9 Å². The average molecular weight is 530 g/mol. The predicted octanol–water partition coefficient (Wildman–Crippen LogP) is 4.62. The molecular formula is C31H35N3O5. The molecule has 1 aromatic heterocycles. The van der Waals surface area contributed by atoms with Gasteiger partial charge in [0.05, 0.1) is 18.9 Å². The van der Waals surface area contributed by atoms with E-state index in [1.54, 1.807) is 19.4 Å². The molecule has 2 aliphatic rings. The summed E-state index contributed by atoms with van der Waals surface area (Å²) in [7, 11) is 1.54. The zero-order valence-corrected chi connectivity index (χ0v) is 22.4. The summed E-state index contributed by atoms with van der Waals surface area (Å²) in [6, 6.07) is 14.2. The van der Waals surface area contributed by atoms with Gasteiger partial charge in [0.15, 0.2) is 0 Å². The minimum atomic E-state index is -1.68. The van der Waals surface area contributed by atoms with Gasteiger partial charge in [-0.1, -0.05) is 68.3 Å². The van der Waals surface area contributed by atoms with Gasteiger partial charge in [-0.2, -0.15) is 0 Å². The molecule has 3 heterocycles. The Bertz CT molecular complexity index is 1410. The number of carboxylic acid groups (broad SMARTS) is 1. The second kappa shape index (κ2) is 11.1. The topological polar surface area (TPSA) is 112 Å². The van der Waals surface area contributed by atoms with Crippen LogP contribution in [-0.2, 0) is 20.8 Å². The zero-order chi connectivity index (χ0) is 27.6. The number of aromatic amines is 1. The van der Waals surface area contributed by atoms with E-state index in [1.165, 1.54) is 4.90 Å². The molecule has 8 nitrogen and oxygen atoms in total. The molecule has 8 heteroatoms. The summed E-state index contributed by atoms with van der Waals surface area (Å²) in [6.45, 7) is 2.36. The molecule has 2 aromatic carbocycles. The summed E-state index contributed by atoms with van der Waals surface area (Å²) in [5, 5.41) is 15.0. The van der Waals surface area contributed by atoms with Gasteiger partial charge in [0, 0.05) is 41.7 Å². The maximum absolute atomic E-state index is 13.9. The van der Waals surface area contributed by atoms with Gasteiger partial charge in [-0.3, -0.25) is 24.6 Å². The zero-order valence-electron chi connectivity index (χ0n) is 22.4. The Hall–Kier alpha value is -3.91.